The Morgan fingerprint density at radius 2 is 1.91 bits per heavy atom. The van der Waals surface area contributed by atoms with Gasteiger partial charge in [0.1, 0.15) is 47.2 Å². The predicted octanol–water partition coefficient (Wildman–Crippen LogP) is 6.89. The van der Waals surface area contributed by atoms with Crippen molar-refractivity contribution in [3.8, 4) is 23.2 Å². The average molecular weight is 777 g/mol. The van der Waals surface area contributed by atoms with Gasteiger partial charge in [-0.15, -0.1) is 11.3 Å². The number of halogens is 7. The molecule has 0 aliphatic carbocycles. The number of nitrogen functional groups attached to an aromatic ring is 1. The summed E-state index contributed by atoms with van der Waals surface area (Å²) in [6.07, 6.45) is -5.28. The molecular weight excluding hydrogens is 742 g/mol. The molecule has 286 valence electrons. The number of likely N-dealkylation sites (tertiary alicyclic amines) is 2. The van der Waals surface area contributed by atoms with Crippen molar-refractivity contribution in [3.63, 3.8) is 0 Å². The Morgan fingerprint density at radius 3 is 2.61 bits per heavy atom. The van der Waals surface area contributed by atoms with E-state index < -0.39 is 63.9 Å². The SMILES string of the molecule is CCN(c1nc(OCC23CCCN2CC(F)C3)nc2c(F)c(-c3ccc(F)c4sc(N)c(C#N)c34)c(C(F)(F)F)cc12)C1CCN(C(=O)N2CC(F)C2)C1. The van der Waals surface area contributed by atoms with Gasteiger partial charge in [0, 0.05) is 55.0 Å². The Balaban J connectivity index is 1.29. The molecule has 8 rings (SSSR count). The first-order valence-corrected chi connectivity index (χ1v) is 18.5. The second-order valence-corrected chi connectivity index (χ2v) is 15.5. The molecule has 2 aromatic heterocycles. The number of carbonyl (C=O) groups is 1. The van der Waals surface area contributed by atoms with Crippen molar-refractivity contribution in [3.05, 3.63) is 41.0 Å². The van der Waals surface area contributed by atoms with Crippen LogP contribution in [0.15, 0.2) is 18.2 Å². The zero-order valence-electron chi connectivity index (χ0n) is 29.0. The van der Waals surface area contributed by atoms with Gasteiger partial charge >= 0.3 is 18.2 Å². The monoisotopic (exact) mass is 776 g/mol. The highest BCUT2D eigenvalue weighted by Crippen LogP contribution is 2.48. The maximum Gasteiger partial charge on any atom is 0.417 e. The summed E-state index contributed by atoms with van der Waals surface area (Å²) in [6, 6.07) is 3.27. The van der Waals surface area contributed by atoms with Gasteiger partial charge < -0.3 is 25.2 Å². The van der Waals surface area contributed by atoms with Crippen LogP contribution in [0.3, 0.4) is 0 Å². The van der Waals surface area contributed by atoms with Crippen LogP contribution in [0.25, 0.3) is 32.1 Å². The van der Waals surface area contributed by atoms with Crippen LogP contribution in [0, 0.1) is 23.0 Å². The van der Waals surface area contributed by atoms with Gasteiger partial charge in [-0.25, -0.2) is 22.4 Å². The molecule has 4 aliphatic rings. The van der Waals surface area contributed by atoms with Crippen molar-refractivity contribution in [2.45, 2.75) is 62.7 Å². The highest BCUT2D eigenvalue weighted by molar-refractivity contribution is 7.23. The molecule has 2 amide bonds. The number of carbonyl (C=O) groups excluding carboxylic acids is 1. The molecule has 6 heterocycles. The van der Waals surface area contributed by atoms with E-state index in [1.54, 1.807) is 16.7 Å². The van der Waals surface area contributed by atoms with Gasteiger partial charge in [-0.2, -0.15) is 28.4 Å². The summed E-state index contributed by atoms with van der Waals surface area (Å²) in [5.41, 5.74) is 1.75. The van der Waals surface area contributed by atoms with Gasteiger partial charge in [0.25, 0.3) is 0 Å². The van der Waals surface area contributed by atoms with E-state index in [2.05, 4.69) is 9.97 Å². The number of rotatable bonds is 7. The van der Waals surface area contributed by atoms with Crippen LogP contribution in [0.4, 0.5) is 46.3 Å². The van der Waals surface area contributed by atoms with Crippen LogP contribution in [-0.2, 0) is 6.18 Å². The molecule has 4 aromatic rings. The summed E-state index contributed by atoms with van der Waals surface area (Å²) < 4.78 is 112. The third-order valence-electron chi connectivity index (χ3n) is 11.2. The number of thiophene rings is 1. The maximum atomic E-state index is 17.2. The predicted molar refractivity (Wildman–Crippen MR) is 188 cm³/mol. The molecule has 18 heteroatoms. The van der Waals surface area contributed by atoms with Crippen molar-refractivity contribution < 1.29 is 40.3 Å². The molecule has 0 radical (unpaired) electrons. The topological polar surface area (TPSA) is 115 Å². The first-order valence-electron chi connectivity index (χ1n) is 17.7. The van der Waals surface area contributed by atoms with E-state index in [4.69, 9.17) is 10.5 Å². The first-order chi connectivity index (χ1) is 25.7. The standard InChI is InChI=1S/C36H35F7N8O2S/c1-2-51(20-6-9-48(16-20)34(52)49-13-19(38)14-49)32-22-10-24(36(41,42)43)27(21-4-5-25(39)30-26(21)23(12-44)31(45)54-30)28(40)29(22)46-33(47-32)53-17-35-7-3-8-50(35)15-18(37)11-35/h4-5,10,18-20H,2-3,6-9,11,13-17,45H2,1H3. The fourth-order valence-electron chi connectivity index (χ4n) is 8.65. The van der Waals surface area contributed by atoms with E-state index in [1.807, 2.05) is 11.0 Å². The van der Waals surface area contributed by atoms with Gasteiger partial charge in [0.15, 0.2) is 5.82 Å². The second-order valence-electron chi connectivity index (χ2n) is 14.4. The summed E-state index contributed by atoms with van der Waals surface area (Å²) in [7, 11) is 0. The van der Waals surface area contributed by atoms with Crippen LogP contribution in [0.2, 0.25) is 0 Å². The summed E-state index contributed by atoms with van der Waals surface area (Å²) in [6.45, 7) is 3.17. The normalized spacial score (nSPS) is 23.3. The van der Waals surface area contributed by atoms with Crippen LogP contribution in [0.5, 0.6) is 6.01 Å². The number of benzene rings is 2. The number of aromatic nitrogens is 2. The number of ether oxygens (including phenoxy) is 1. The molecular formula is C36H35F7N8O2S. The third kappa shape index (κ3) is 5.90. The third-order valence-corrected chi connectivity index (χ3v) is 12.2. The lowest BCUT2D eigenvalue weighted by Crippen LogP contribution is -2.56. The number of anilines is 2. The molecule has 10 nitrogen and oxygen atoms in total. The average Bonchev–Trinajstić information content (AvgIpc) is 3.89. The summed E-state index contributed by atoms with van der Waals surface area (Å²) in [5, 5.41) is 9.18. The highest BCUT2D eigenvalue weighted by Gasteiger charge is 2.49. The number of alkyl halides is 5. The molecule has 0 spiro atoms. The van der Waals surface area contributed by atoms with E-state index in [9.17, 15) is 23.2 Å². The van der Waals surface area contributed by atoms with E-state index >= 15 is 17.6 Å². The number of hydrogen-bond donors (Lipinski definition) is 1. The smallest absolute Gasteiger partial charge is 0.417 e. The molecule has 2 aromatic carbocycles. The summed E-state index contributed by atoms with van der Waals surface area (Å²) in [5.74, 6) is -2.32. The van der Waals surface area contributed by atoms with Gasteiger partial charge in [-0.1, -0.05) is 6.07 Å². The molecule has 0 bridgehead atoms. The quantitative estimate of drug-likeness (QED) is 0.202. The summed E-state index contributed by atoms with van der Waals surface area (Å²) in [4.78, 5) is 28.6. The minimum Gasteiger partial charge on any atom is -0.461 e. The molecule has 54 heavy (non-hydrogen) atoms. The minimum absolute atomic E-state index is 0.0210. The number of hydrogen-bond acceptors (Lipinski definition) is 9. The number of nitrogens with two attached hydrogens (primary N) is 1. The zero-order chi connectivity index (χ0) is 38.3. The van der Waals surface area contributed by atoms with E-state index in [0.717, 1.165) is 24.6 Å². The Bertz CT molecular complexity index is 2210. The largest absolute Gasteiger partial charge is 0.461 e. The molecule has 3 unspecified atom stereocenters. The number of fused-ring (bicyclic) bond motifs is 3. The van der Waals surface area contributed by atoms with Crippen molar-refractivity contribution in [1.82, 2.24) is 24.7 Å². The van der Waals surface area contributed by atoms with Crippen molar-refractivity contribution in [1.29, 1.82) is 5.26 Å². The van der Waals surface area contributed by atoms with Gasteiger partial charge in [0.2, 0.25) is 0 Å². The lowest BCUT2D eigenvalue weighted by Gasteiger charge is -2.37. The van der Waals surface area contributed by atoms with Crippen molar-refractivity contribution in [2.75, 3.05) is 63.1 Å². The van der Waals surface area contributed by atoms with Gasteiger partial charge in [-0.05, 0) is 50.4 Å². The van der Waals surface area contributed by atoms with Crippen LogP contribution >= 0.6 is 11.3 Å². The Morgan fingerprint density at radius 1 is 1.13 bits per heavy atom. The fraction of sp³-hybridized carbons (Fsp3) is 0.500. The molecule has 3 atom stereocenters. The maximum absolute atomic E-state index is 17.2. The van der Waals surface area contributed by atoms with Crippen molar-refractivity contribution >= 4 is 49.2 Å². The highest BCUT2D eigenvalue weighted by atomic mass is 32.1. The second kappa shape index (κ2) is 13.3. The van der Waals surface area contributed by atoms with Gasteiger partial charge in [-0.3, -0.25) is 4.90 Å². The molecule has 2 N–H and O–H groups in total. The molecule has 0 saturated carbocycles. The Kier molecular flexibility index (Phi) is 8.95. The van der Waals surface area contributed by atoms with Crippen molar-refractivity contribution in [2.24, 2.45) is 0 Å². The molecule has 4 aliphatic heterocycles. The molecule has 4 saturated heterocycles. The molecule has 4 fully saturated rings. The number of amides is 2. The van der Waals surface area contributed by atoms with Gasteiger partial charge in [0.05, 0.1) is 34.5 Å². The number of nitriles is 1. The Labute approximate surface area is 308 Å². The first kappa shape index (κ1) is 36.4. The number of urea groups is 1. The fourth-order valence-corrected chi connectivity index (χ4v) is 9.60. The lowest BCUT2D eigenvalue weighted by molar-refractivity contribution is -0.137. The Hall–Kier alpha value is -4.63. The zero-order valence-corrected chi connectivity index (χ0v) is 29.8. The van der Waals surface area contributed by atoms with E-state index in [0.29, 0.717) is 37.3 Å². The number of likely N-dealkylation sites (N-methyl/N-ethyl adjacent to an activating group) is 1. The lowest BCUT2D eigenvalue weighted by atomic mass is 9.92. The van der Waals surface area contributed by atoms with E-state index in [-0.39, 0.29) is 89.6 Å². The number of nitrogens with zero attached hydrogens (tertiary/aromatic N) is 7. The van der Waals surface area contributed by atoms with E-state index in [1.165, 1.54) is 4.90 Å². The van der Waals surface area contributed by atoms with Crippen LogP contribution in [-0.4, -0.2) is 107 Å². The minimum atomic E-state index is -5.15. The summed E-state index contributed by atoms with van der Waals surface area (Å²) >= 11 is 0.666. The van der Waals surface area contributed by atoms with Crippen LogP contribution < -0.4 is 15.4 Å². The van der Waals surface area contributed by atoms with Crippen LogP contribution in [0.1, 0.15) is 43.7 Å².